The number of carboxylic acid groups (broad SMARTS) is 1. The van der Waals surface area contributed by atoms with Crippen LogP contribution in [0.1, 0.15) is 24.8 Å². The number of hydrogen-bond donors (Lipinski definition) is 1. The fraction of sp³-hybridized carbons (Fsp3) is 0.522. The maximum absolute atomic E-state index is 11.2. The summed E-state index contributed by atoms with van der Waals surface area (Å²) in [4.78, 5) is 24.0. The zero-order chi connectivity index (χ0) is 22.3. The van der Waals surface area contributed by atoms with Gasteiger partial charge in [-0.2, -0.15) is 4.98 Å². The van der Waals surface area contributed by atoms with Crippen LogP contribution >= 0.6 is 0 Å². The number of nitrogens with zero attached hydrogens (tertiary/aromatic N) is 4. The molecule has 1 amide bonds. The van der Waals surface area contributed by atoms with Crippen molar-refractivity contribution in [3.05, 3.63) is 42.2 Å². The Hall–Kier alpha value is -3.07. The highest BCUT2D eigenvalue weighted by Crippen LogP contribution is 2.31. The summed E-state index contributed by atoms with van der Waals surface area (Å²) in [5.41, 5.74) is 1.08. The highest BCUT2D eigenvalue weighted by Gasteiger charge is 2.26. The average Bonchev–Trinajstić information content (AvgIpc) is 3.33. The Morgan fingerprint density at radius 3 is 2.78 bits per heavy atom. The van der Waals surface area contributed by atoms with Gasteiger partial charge in [0, 0.05) is 45.0 Å². The van der Waals surface area contributed by atoms with Gasteiger partial charge in [-0.05, 0) is 42.5 Å². The van der Waals surface area contributed by atoms with Crippen LogP contribution in [-0.4, -0.2) is 72.1 Å². The topological polar surface area (TPSA) is 97.3 Å². The predicted molar refractivity (Wildman–Crippen MR) is 118 cm³/mol. The van der Waals surface area contributed by atoms with E-state index in [0.29, 0.717) is 50.4 Å². The fourth-order valence-corrected chi connectivity index (χ4v) is 4.17. The molecule has 1 unspecified atom stereocenters. The molecule has 0 bridgehead atoms. The van der Waals surface area contributed by atoms with Crippen molar-refractivity contribution in [2.45, 2.75) is 31.9 Å². The predicted octanol–water partition coefficient (Wildman–Crippen LogP) is 3.05. The standard InChI is InChI=1S/C23H30N4O5/c1-30-20-4-5-21(25-22(20)32-19-8-12-31-16-19)27(15-18-3-2-9-24-13-18)14-17-6-10-26(11-7-17)23(28)29/h2-5,9,13,17,19H,6-8,10-12,14-16H2,1H3,(H,28,29). The summed E-state index contributed by atoms with van der Waals surface area (Å²) in [6.45, 7) is 3.79. The number of ether oxygens (including phenoxy) is 3. The number of carbonyl (C=O) groups is 1. The third-order valence-electron chi connectivity index (χ3n) is 5.98. The molecule has 1 atom stereocenters. The molecule has 9 nitrogen and oxygen atoms in total. The van der Waals surface area contributed by atoms with E-state index in [-0.39, 0.29) is 6.10 Å². The number of hydrogen-bond acceptors (Lipinski definition) is 7. The van der Waals surface area contributed by atoms with Crippen molar-refractivity contribution in [3.63, 3.8) is 0 Å². The van der Waals surface area contributed by atoms with E-state index in [1.165, 1.54) is 4.90 Å². The molecule has 2 aromatic rings. The van der Waals surface area contributed by atoms with E-state index >= 15 is 0 Å². The number of piperidine rings is 1. The van der Waals surface area contributed by atoms with Crippen molar-refractivity contribution < 1.29 is 24.1 Å². The number of methoxy groups -OCH3 is 1. The van der Waals surface area contributed by atoms with E-state index in [1.807, 2.05) is 30.5 Å². The maximum Gasteiger partial charge on any atom is 0.407 e. The lowest BCUT2D eigenvalue weighted by atomic mass is 9.96. The molecule has 0 radical (unpaired) electrons. The smallest absolute Gasteiger partial charge is 0.407 e. The van der Waals surface area contributed by atoms with Gasteiger partial charge in [-0.3, -0.25) is 4.98 Å². The molecule has 172 valence electrons. The first kappa shape index (κ1) is 22.1. The Morgan fingerprint density at radius 2 is 2.12 bits per heavy atom. The van der Waals surface area contributed by atoms with E-state index in [2.05, 4.69) is 9.88 Å². The quantitative estimate of drug-likeness (QED) is 0.666. The second-order valence-corrected chi connectivity index (χ2v) is 8.24. The molecule has 9 heteroatoms. The Bertz CT molecular complexity index is 883. The minimum Gasteiger partial charge on any atom is -0.491 e. The Morgan fingerprint density at radius 1 is 1.28 bits per heavy atom. The Balaban J connectivity index is 1.54. The molecule has 2 aliphatic rings. The Labute approximate surface area is 187 Å². The van der Waals surface area contributed by atoms with Gasteiger partial charge in [0.1, 0.15) is 11.9 Å². The van der Waals surface area contributed by atoms with Gasteiger partial charge < -0.3 is 29.1 Å². The van der Waals surface area contributed by atoms with Crippen molar-refractivity contribution in [1.29, 1.82) is 0 Å². The largest absolute Gasteiger partial charge is 0.491 e. The molecule has 2 saturated heterocycles. The zero-order valence-corrected chi connectivity index (χ0v) is 18.4. The van der Waals surface area contributed by atoms with Gasteiger partial charge in [0.15, 0.2) is 5.75 Å². The molecule has 0 aromatic carbocycles. The van der Waals surface area contributed by atoms with E-state index < -0.39 is 6.09 Å². The zero-order valence-electron chi connectivity index (χ0n) is 18.4. The number of likely N-dealkylation sites (tertiary alicyclic amines) is 1. The minimum atomic E-state index is -0.842. The first-order valence-electron chi connectivity index (χ1n) is 11.0. The van der Waals surface area contributed by atoms with E-state index in [9.17, 15) is 9.90 Å². The summed E-state index contributed by atoms with van der Waals surface area (Å²) in [6.07, 6.45) is 5.23. The summed E-state index contributed by atoms with van der Waals surface area (Å²) in [6, 6.07) is 7.80. The highest BCUT2D eigenvalue weighted by atomic mass is 16.6. The van der Waals surface area contributed by atoms with Gasteiger partial charge in [0.25, 0.3) is 5.88 Å². The van der Waals surface area contributed by atoms with Crippen molar-refractivity contribution in [1.82, 2.24) is 14.9 Å². The van der Waals surface area contributed by atoms with Crippen LogP contribution in [0.3, 0.4) is 0 Å². The molecular formula is C23H30N4O5. The van der Waals surface area contributed by atoms with Crippen molar-refractivity contribution in [3.8, 4) is 11.6 Å². The summed E-state index contributed by atoms with van der Waals surface area (Å²) < 4.78 is 17.0. The van der Waals surface area contributed by atoms with Gasteiger partial charge in [0.2, 0.25) is 0 Å². The van der Waals surface area contributed by atoms with Gasteiger partial charge in [-0.15, -0.1) is 0 Å². The summed E-state index contributed by atoms with van der Waals surface area (Å²) >= 11 is 0. The molecule has 2 aliphatic heterocycles. The van der Waals surface area contributed by atoms with Crippen LogP contribution in [0.4, 0.5) is 10.6 Å². The monoisotopic (exact) mass is 442 g/mol. The summed E-state index contributed by atoms with van der Waals surface area (Å²) in [7, 11) is 1.61. The van der Waals surface area contributed by atoms with Crippen LogP contribution in [0.2, 0.25) is 0 Å². The van der Waals surface area contributed by atoms with E-state index in [4.69, 9.17) is 19.2 Å². The molecule has 32 heavy (non-hydrogen) atoms. The van der Waals surface area contributed by atoms with Crippen LogP contribution in [0.15, 0.2) is 36.7 Å². The fourth-order valence-electron chi connectivity index (χ4n) is 4.17. The lowest BCUT2D eigenvalue weighted by Gasteiger charge is -2.34. The number of anilines is 1. The number of pyridine rings is 2. The van der Waals surface area contributed by atoms with Gasteiger partial charge in [-0.25, -0.2) is 4.79 Å². The molecular weight excluding hydrogens is 412 g/mol. The lowest BCUT2D eigenvalue weighted by molar-refractivity contribution is 0.125. The van der Waals surface area contributed by atoms with Crippen molar-refractivity contribution in [2.75, 3.05) is 44.9 Å². The number of amides is 1. The molecule has 4 rings (SSSR count). The van der Waals surface area contributed by atoms with Gasteiger partial charge in [0.05, 0.1) is 20.3 Å². The molecule has 1 N–H and O–H groups in total. The second-order valence-electron chi connectivity index (χ2n) is 8.24. The average molecular weight is 443 g/mol. The lowest BCUT2D eigenvalue weighted by Crippen LogP contribution is -2.41. The van der Waals surface area contributed by atoms with Gasteiger partial charge >= 0.3 is 6.09 Å². The highest BCUT2D eigenvalue weighted by molar-refractivity contribution is 5.65. The van der Waals surface area contributed by atoms with Crippen molar-refractivity contribution >= 4 is 11.9 Å². The minimum absolute atomic E-state index is 0.0289. The molecule has 0 aliphatic carbocycles. The van der Waals surface area contributed by atoms with Crippen LogP contribution < -0.4 is 14.4 Å². The third kappa shape index (κ3) is 5.59. The van der Waals surface area contributed by atoms with E-state index in [0.717, 1.165) is 37.2 Å². The molecule has 0 saturated carbocycles. The third-order valence-corrected chi connectivity index (χ3v) is 5.98. The normalized spacial score (nSPS) is 19.0. The van der Waals surface area contributed by atoms with E-state index in [1.54, 1.807) is 13.3 Å². The molecule has 4 heterocycles. The molecule has 2 fully saturated rings. The summed E-state index contributed by atoms with van der Waals surface area (Å²) in [5, 5.41) is 9.24. The molecule has 0 spiro atoms. The first-order valence-corrected chi connectivity index (χ1v) is 11.0. The first-order chi connectivity index (χ1) is 15.6. The van der Waals surface area contributed by atoms with Crippen LogP contribution in [-0.2, 0) is 11.3 Å². The van der Waals surface area contributed by atoms with Crippen LogP contribution in [0, 0.1) is 5.92 Å². The number of rotatable bonds is 8. The maximum atomic E-state index is 11.2. The second kappa shape index (κ2) is 10.5. The SMILES string of the molecule is COc1ccc(N(Cc2cccnc2)CC2CCN(C(=O)O)CC2)nc1OC1CCOC1. The van der Waals surface area contributed by atoms with Gasteiger partial charge in [-0.1, -0.05) is 6.07 Å². The number of aromatic nitrogens is 2. The van der Waals surface area contributed by atoms with Crippen LogP contribution in [0.25, 0.3) is 0 Å². The van der Waals surface area contributed by atoms with Crippen LogP contribution in [0.5, 0.6) is 11.6 Å². The van der Waals surface area contributed by atoms with Crippen molar-refractivity contribution in [2.24, 2.45) is 5.92 Å². The summed E-state index contributed by atoms with van der Waals surface area (Å²) in [5.74, 6) is 2.23. The Kier molecular flexibility index (Phi) is 7.26. The molecule has 2 aromatic heterocycles.